The van der Waals surface area contributed by atoms with E-state index in [1.54, 1.807) is 12.5 Å². The number of hydrogen-bond donors (Lipinski definition) is 2. The maximum absolute atomic E-state index is 12.2. The zero-order chi connectivity index (χ0) is 19.1. The number of urea groups is 1. The summed E-state index contributed by atoms with van der Waals surface area (Å²) in [5.41, 5.74) is 2.17. The number of morpholine rings is 1. The first-order valence-corrected chi connectivity index (χ1v) is 9.41. The first kappa shape index (κ1) is 19.4. The van der Waals surface area contributed by atoms with E-state index in [4.69, 9.17) is 4.74 Å². The van der Waals surface area contributed by atoms with Gasteiger partial charge in [-0.1, -0.05) is 24.3 Å². The molecule has 0 aliphatic carbocycles. The van der Waals surface area contributed by atoms with E-state index in [9.17, 15) is 4.79 Å². The van der Waals surface area contributed by atoms with Crippen molar-refractivity contribution in [2.45, 2.75) is 32.5 Å². The Labute approximate surface area is 160 Å². The number of nitrogens with one attached hydrogen (secondary N) is 2. The van der Waals surface area contributed by atoms with E-state index < -0.39 is 0 Å². The summed E-state index contributed by atoms with van der Waals surface area (Å²) in [5.74, 6) is 0. The van der Waals surface area contributed by atoms with Gasteiger partial charge in [-0.15, -0.1) is 0 Å². The van der Waals surface area contributed by atoms with Crippen LogP contribution >= 0.6 is 0 Å². The molecule has 2 amide bonds. The van der Waals surface area contributed by atoms with Gasteiger partial charge in [0.25, 0.3) is 0 Å². The fraction of sp³-hybridized carbons (Fsp3) is 0.500. The molecule has 1 aromatic heterocycles. The van der Waals surface area contributed by atoms with E-state index in [0.29, 0.717) is 13.1 Å². The van der Waals surface area contributed by atoms with E-state index in [1.165, 1.54) is 5.56 Å². The van der Waals surface area contributed by atoms with Crippen LogP contribution in [0.4, 0.5) is 4.79 Å². The molecule has 0 atom stereocenters. The van der Waals surface area contributed by atoms with Crippen LogP contribution in [-0.4, -0.2) is 58.9 Å². The highest BCUT2D eigenvalue weighted by atomic mass is 16.5. The van der Waals surface area contributed by atoms with Crippen LogP contribution in [-0.2, 0) is 17.8 Å². The van der Waals surface area contributed by atoms with Crippen molar-refractivity contribution in [1.29, 1.82) is 0 Å². The normalized spacial score (nSPS) is 15.5. The molecule has 0 spiro atoms. The Morgan fingerprint density at radius 2 is 2.00 bits per heavy atom. The molecule has 2 heterocycles. The van der Waals surface area contributed by atoms with Gasteiger partial charge in [-0.3, -0.25) is 4.90 Å². The van der Waals surface area contributed by atoms with Crippen LogP contribution in [0, 0.1) is 0 Å². The Morgan fingerprint density at radius 1 is 1.22 bits per heavy atom. The highest BCUT2D eigenvalue weighted by molar-refractivity contribution is 5.73. The van der Waals surface area contributed by atoms with Gasteiger partial charge in [0.05, 0.1) is 19.5 Å². The van der Waals surface area contributed by atoms with Crippen LogP contribution in [0.1, 0.15) is 25.0 Å². The van der Waals surface area contributed by atoms with E-state index in [0.717, 1.165) is 38.4 Å². The number of carbonyl (C=O) groups excluding carboxylic acids is 1. The van der Waals surface area contributed by atoms with Gasteiger partial charge in [0.1, 0.15) is 0 Å². The van der Waals surface area contributed by atoms with E-state index in [2.05, 4.69) is 46.5 Å². The number of amides is 2. The van der Waals surface area contributed by atoms with Crippen LogP contribution in [0.2, 0.25) is 0 Å². The van der Waals surface area contributed by atoms with Gasteiger partial charge in [-0.2, -0.15) is 0 Å². The minimum Gasteiger partial charge on any atom is -0.379 e. The van der Waals surface area contributed by atoms with Crippen molar-refractivity contribution in [2.75, 3.05) is 32.8 Å². The van der Waals surface area contributed by atoms with Crippen molar-refractivity contribution in [3.8, 4) is 0 Å². The molecule has 7 heteroatoms. The predicted molar refractivity (Wildman–Crippen MR) is 104 cm³/mol. The Hall–Kier alpha value is -2.38. The molecule has 146 valence electrons. The molecule has 0 saturated carbocycles. The lowest BCUT2D eigenvalue weighted by Gasteiger charge is -2.40. The largest absolute Gasteiger partial charge is 0.379 e. The number of aromatic nitrogens is 2. The summed E-state index contributed by atoms with van der Waals surface area (Å²) in [7, 11) is 0. The van der Waals surface area contributed by atoms with E-state index in [1.807, 2.05) is 22.9 Å². The third-order valence-electron chi connectivity index (χ3n) is 4.92. The van der Waals surface area contributed by atoms with E-state index in [-0.39, 0.29) is 11.6 Å². The fourth-order valence-electron chi connectivity index (χ4n) is 3.25. The highest BCUT2D eigenvalue weighted by Gasteiger charge is 2.28. The monoisotopic (exact) mass is 371 g/mol. The zero-order valence-corrected chi connectivity index (χ0v) is 16.1. The number of imidazole rings is 1. The molecule has 27 heavy (non-hydrogen) atoms. The first-order valence-electron chi connectivity index (χ1n) is 9.41. The summed E-state index contributed by atoms with van der Waals surface area (Å²) < 4.78 is 7.42. The summed E-state index contributed by atoms with van der Waals surface area (Å²) >= 11 is 0. The fourth-order valence-corrected chi connectivity index (χ4v) is 3.25. The molecule has 1 aromatic carbocycles. The van der Waals surface area contributed by atoms with Crippen molar-refractivity contribution in [1.82, 2.24) is 25.1 Å². The van der Waals surface area contributed by atoms with Gasteiger partial charge in [0.2, 0.25) is 0 Å². The van der Waals surface area contributed by atoms with Crippen molar-refractivity contribution < 1.29 is 9.53 Å². The van der Waals surface area contributed by atoms with Crippen LogP contribution in [0.3, 0.4) is 0 Å². The van der Waals surface area contributed by atoms with Gasteiger partial charge in [0, 0.05) is 50.7 Å². The Morgan fingerprint density at radius 3 is 2.74 bits per heavy atom. The van der Waals surface area contributed by atoms with Gasteiger partial charge in [-0.05, 0) is 25.0 Å². The lowest BCUT2D eigenvalue weighted by molar-refractivity contribution is -0.00874. The number of rotatable bonds is 7. The van der Waals surface area contributed by atoms with E-state index >= 15 is 0 Å². The van der Waals surface area contributed by atoms with Gasteiger partial charge >= 0.3 is 6.03 Å². The predicted octanol–water partition coefficient (Wildman–Crippen LogP) is 1.84. The number of nitrogens with zero attached hydrogens (tertiary/aromatic N) is 3. The molecule has 2 N–H and O–H groups in total. The number of benzene rings is 1. The molecule has 1 aliphatic heterocycles. The molecule has 7 nitrogen and oxygen atoms in total. The van der Waals surface area contributed by atoms with Gasteiger partial charge in [-0.25, -0.2) is 9.78 Å². The second-order valence-electron chi connectivity index (χ2n) is 7.50. The minimum atomic E-state index is -0.142. The minimum absolute atomic E-state index is 0.0914. The van der Waals surface area contributed by atoms with Crippen LogP contribution < -0.4 is 10.6 Å². The number of carbonyl (C=O) groups is 1. The zero-order valence-electron chi connectivity index (χ0n) is 16.1. The van der Waals surface area contributed by atoms with Gasteiger partial charge in [0.15, 0.2) is 0 Å². The van der Waals surface area contributed by atoms with Crippen molar-refractivity contribution in [3.05, 3.63) is 54.1 Å². The SMILES string of the molecule is CC(C)(CNC(=O)NCc1cccc(Cn2ccnc2)c1)N1CCOCC1. The number of ether oxygens (including phenoxy) is 1. The third-order valence-corrected chi connectivity index (χ3v) is 4.92. The summed E-state index contributed by atoms with van der Waals surface area (Å²) in [6.45, 7) is 9.49. The molecule has 1 aliphatic rings. The quantitative estimate of drug-likeness (QED) is 0.779. The molecular weight excluding hydrogens is 342 g/mol. The molecule has 0 unspecified atom stereocenters. The van der Waals surface area contributed by atoms with Crippen molar-refractivity contribution in [3.63, 3.8) is 0 Å². The average molecular weight is 371 g/mol. The smallest absolute Gasteiger partial charge is 0.315 e. The van der Waals surface area contributed by atoms with Crippen LogP contribution in [0.5, 0.6) is 0 Å². The molecule has 1 fully saturated rings. The van der Waals surface area contributed by atoms with Crippen molar-refractivity contribution >= 4 is 6.03 Å². The lowest BCUT2D eigenvalue weighted by atomic mass is 10.0. The van der Waals surface area contributed by atoms with Crippen LogP contribution in [0.15, 0.2) is 43.0 Å². The third kappa shape index (κ3) is 5.80. The Balaban J connectivity index is 1.44. The maximum atomic E-state index is 12.2. The summed E-state index contributed by atoms with van der Waals surface area (Å²) in [6, 6.07) is 8.08. The summed E-state index contributed by atoms with van der Waals surface area (Å²) in [4.78, 5) is 18.6. The second kappa shape index (κ2) is 9.01. The first-order chi connectivity index (χ1) is 13.0. The molecular formula is C20H29N5O2. The Kier molecular flexibility index (Phi) is 6.47. The lowest BCUT2D eigenvalue weighted by Crippen LogP contribution is -2.56. The van der Waals surface area contributed by atoms with Gasteiger partial charge < -0.3 is 19.9 Å². The summed E-state index contributed by atoms with van der Waals surface area (Å²) in [5, 5.41) is 5.94. The average Bonchev–Trinajstić information content (AvgIpc) is 3.19. The molecule has 2 aromatic rings. The maximum Gasteiger partial charge on any atom is 0.315 e. The summed E-state index contributed by atoms with van der Waals surface area (Å²) in [6.07, 6.45) is 5.51. The molecule has 3 rings (SSSR count). The molecule has 1 saturated heterocycles. The van der Waals surface area contributed by atoms with Crippen LogP contribution in [0.25, 0.3) is 0 Å². The number of hydrogen-bond acceptors (Lipinski definition) is 4. The molecule has 0 radical (unpaired) electrons. The van der Waals surface area contributed by atoms with Crippen molar-refractivity contribution in [2.24, 2.45) is 0 Å². The second-order valence-corrected chi connectivity index (χ2v) is 7.50. The Bertz CT molecular complexity index is 724. The standard InChI is InChI=1S/C20H29N5O2/c1-20(2,25-8-10-27-11-9-25)15-23-19(26)22-13-17-4-3-5-18(12-17)14-24-7-6-21-16-24/h3-7,12,16H,8-11,13-15H2,1-2H3,(H2,22,23,26). The molecule has 0 bridgehead atoms. The topological polar surface area (TPSA) is 71.4 Å². The highest BCUT2D eigenvalue weighted by Crippen LogP contribution is 2.15.